The van der Waals surface area contributed by atoms with Gasteiger partial charge in [0.05, 0.1) is 11.6 Å². The van der Waals surface area contributed by atoms with Crippen molar-refractivity contribution >= 4 is 17.7 Å². The van der Waals surface area contributed by atoms with Gasteiger partial charge in [0.2, 0.25) is 0 Å². The second kappa shape index (κ2) is 6.91. The van der Waals surface area contributed by atoms with Gasteiger partial charge in [-0.3, -0.25) is 9.78 Å². The lowest BCUT2D eigenvalue weighted by molar-refractivity contribution is 0.0675. The number of likely N-dealkylation sites (N-methyl/N-ethyl adjacent to an activating group) is 1. The maximum absolute atomic E-state index is 12.6. The lowest BCUT2D eigenvalue weighted by Crippen LogP contribution is -2.46. The van der Waals surface area contributed by atoms with Crippen LogP contribution in [0.3, 0.4) is 0 Å². The molecule has 1 unspecified atom stereocenters. The van der Waals surface area contributed by atoms with Gasteiger partial charge in [0.15, 0.2) is 0 Å². The first kappa shape index (κ1) is 14.3. The maximum Gasteiger partial charge on any atom is 0.255 e. The third-order valence-corrected chi connectivity index (χ3v) is 4.38. The van der Waals surface area contributed by atoms with Crippen LogP contribution in [-0.4, -0.2) is 65.4 Å². The van der Waals surface area contributed by atoms with Gasteiger partial charge in [-0.25, -0.2) is 0 Å². The Balaban J connectivity index is 2.15. The van der Waals surface area contributed by atoms with Crippen LogP contribution < -0.4 is 0 Å². The van der Waals surface area contributed by atoms with Crippen molar-refractivity contribution in [3.63, 3.8) is 0 Å². The largest absolute Gasteiger partial charge is 0.333 e. The van der Waals surface area contributed by atoms with E-state index < -0.39 is 0 Å². The average Bonchev–Trinajstić information content (AvgIpc) is 2.64. The maximum atomic E-state index is 12.6. The van der Waals surface area contributed by atoms with Crippen LogP contribution in [0.4, 0.5) is 0 Å². The van der Waals surface area contributed by atoms with E-state index in [1.807, 2.05) is 28.8 Å². The third kappa shape index (κ3) is 3.94. The average molecular weight is 279 g/mol. The number of rotatable bonds is 3. The molecular weight excluding hydrogens is 258 g/mol. The minimum atomic E-state index is 0.113. The molecule has 1 amide bonds. The van der Waals surface area contributed by atoms with E-state index in [1.54, 1.807) is 12.4 Å². The first-order valence-electron chi connectivity index (χ1n) is 6.62. The molecule has 2 heterocycles. The van der Waals surface area contributed by atoms with Gasteiger partial charge < -0.3 is 9.80 Å². The summed E-state index contributed by atoms with van der Waals surface area (Å²) in [4.78, 5) is 20.8. The van der Waals surface area contributed by atoms with E-state index >= 15 is 0 Å². The van der Waals surface area contributed by atoms with E-state index in [0.29, 0.717) is 5.56 Å². The Morgan fingerprint density at radius 3 is 3.11 bits per heavy atom. The first-order chi connectivity index (χ1) is 9.18. The predicted octanol–water partition coefficient (Wildman–Crippen LogP) is 1.59. The lowest BCUT2D eigenvalue weighted by Gasteiger charge is -2.31. The summed E-state index contributed by atoms with van der Waals surface area (Å²) in [7, 11) is 4.12. The molecule has 1 aromatic heterocycles. The van der Waals surface area contributed by atoms with E-state index in [1.165, 1.54) is 0 Å². The van der Waals surface area contributed by atoms with Gasteiger partial charge >= 0.3 is 0 Å². The van der Waals surface area contributed by atoms with Gasteiger partial charge in [0.1, 0.15) is 0 Å². The standard InChI is InChI=1S/C14H21N3OS/c1-16(2)10-13-11-19-8-4-7-17(13)14(18)12-5-3-6-15-9-12/h3,5-6,9,13H,4,7-8,10-11H2,1-2H3. The molecule has 0 aliphatic carbocycles. The SMILES string of the molecule is CN(C)CC1CSCCCN1C(=O)c1cccnc1. The molecule has 1 aromatic rings. The van der Waals surface area contributed by atoms with Crippen LogP contribution in [0.25, 0.3) is 0 Å². The molecule has 5 heteroatoms. The lowest BCUT2D eigenvalue weighted by atomic mass is 10.2. The fourth-order valence-electron chi connectivity index (χ4n) is 2.32. The Kier molecular flexibility index (Phi) is 5.22. The summed E-state index contributed by atoms with van der Waals surface area (Å²) in [6.07, 6.45) is 4.43. The van der Waals surface area contributed by atoms with E-state index in [4.69, 9.17) is 0 Å². The molecule has 1 saturated heterocycles. The van der Waals surface area contributed by atoms with Crippen molar-refractivity contribution < 1.29 is 4.79 Å². The molecule has 0 bridgehead atoms. The topological polar surface area (TPSA) is 36.4 Å². The van der Waals surface area contributed by atoms with Crippen molar-refractivity contribution in [1.82, 2.24) is 14.8 Å². The van der Waals surface area contributed by atoms with Crippen LogP contribution in [0, 0.1) is 0 Å². The number of hydrogen-bond acceptors (Lipinski definition) is 4. The van der Waals surface area contributed by atoms with Crippen LogP contribution in [0.1, 0.15) is 16.8 Å². The molecule has 104 valence electrons. The Morgan fingerprint density at radius 2 is 2.42 bits per heavy atom. The fraction of sp³-hybridized carbons (Fsp3) is 0.571. The minimum Gasteiger partial charge on any atom is -0.333 e. The van der Waals surface area contributed by atoms with E-state index in [9.17, 15) is 4.79 Å². The molecule has 1 aliphatic heterocycles. The van der Waals surface area contributed by atoms with Crippen molar-refractivity contribution in [2.24, 2.45) is 0 Å². The summed E-state index contributed by atoms with van der Waals surface area (Å²) in [5, 5.41) is 0. The number of hydrogen-bond donors (Lipinski definition) is 0. The minimum absolute atomic E-state index is 0.113. The van der Waals surface area contributed by atoms with Gasteiger partial charge in [-0.2, -0.15) is 11.8 Å². The zero-order chi connectivity index (χ0) is 13.7. The molecular formula is C14H21N3OS. The molecule has 0 radical (unpaired) electrons. The van der Waals surface area contributed by atoms with Crippen molar-refractivity contribution in [2.45, 2.75) is 12.5 Å². The number of amides is 1. The number of carbonyl (C=O) groups is 1. The number of carbonyl (C=O) groups excluding carboxylic acids is 1. The normalized spacial score (nSPS) is 20.4. The highest BCUT2D eigenvalue weighted by Crippen LogP contribution is 2.19. The van der Waals surface area contributed by atoms with Crippen LogP contribution in [-0.2, 0) is 0 Å². The summed E-state index contributed by atoms with van der Waals surface area (Å²) < 4.78 is 0. The fourth-order valence-corrected chi connectivity index (χ4v) is 3.38. The Labute approximate surface area is 119 Å². The molecule has 2 rings (SSSR count). The highest BCUT2D eigenvalue weighted by atomic mass is 32.2. The summed E-state index contributed by atoms with van der Waals surface area (Å²) in [6.45, 7) is 1.76. The van der Waals surface area contributed by atoms with Gasteiger partial charge in [-0.05, 0) is 38.4 Å². The molecule has 0 aromatic carbocycles. The highest BCUT2D eigenvalue weighted by Gasteiger charge is 2.26. The zero-order valence-electron chi connectivity index (χ0n) is 11.6. The van der Waals surface area contributed by atoms with E-state index in [0.717, 1.165) is 31.0 Å². The quantitative estimate of drug-likeness (QED) is 0.842. The Morgan fingerprint density at radius 1 is 1.58 bits per heavy atom. The number of pyridine rings is 1. The molecule has 19 heavy (non-hydrogen) atoms. The second-order valence-electron chi connectivity index (χ2n) is 5.08. The summed E-state index contributed by atoms with van der Waals surface area (Å²) in [5.41, 5.74) is 0.693. The summed E-state index contributed by atoms with van der Waals surface area (Å²) in [5.74, 6) is 2.27. The Hall–Kier alpha value is -1.07. The smallest absolute Gasteiger partial charge is 0.255 e. The number of nitrogens with zero attached hydrogens (tertiary/aromatic N) is 3. The molecule has 1 fully saturated rings. The summed E-state index contributed by atoms with van der Waals surface area (Å²) >= 11 is 1.95. The van der Waals surface area contributed by atoms with Gasteiger partial charge in [0.25, 0.3) is 5.91 Å². The Bertz CT molecular complexity index is 410. The van der Waals surface area contributed by atoms with E-state index in [-0.39, 0.29) is 11.9 Å². The first-order valence-corrected chi connectivity index (χ1v) is 7.77. The number of aromatic nitrogens is 1. The molecule has 1 aliphatic rings. The van der Waals surface area contributed by atoms with Crippen molar-refractivity contribution in [1.29, 1.82) is 0 Å². The molecule has 0 saturated carbocycles. The molecule has 0 spiro atoms. The van der Waals surface area contributed by atoms with Gasteiger partial charge in [-0.15, -0.1) is 0 Å². The zero-order valence-corrected chi connectivity index (χ0v) is 12.4. The van der Waals surface area contributed by atoms with E-state index in [2.05, 4.69) is 24.0 Å². The van der Waals surface area contributed by atoms with Crippen molar-refractivity contribution in [3.8, 4) is 0 Å². The van der Waals surface area contributed by atoms with Crippen molar-refractivity contribution in [2.75, 3.05) is 38.7 Å². The summed E-state index contributed by atoms with van der Waals surface area (Å²) in [6, 6.07) is 3.95. The van der Waals surface area contributed by atoms with Gasteiger partial charge in [-0.1, -0.05) is 0 Å². The molecule has 4 nitrogen and oxygen atoms in total. The van der Waals surface area contributed by atoms with Crippen LogP contribution >= 0.6 is 11.8 Å². The second-order valence-corrected chi connectivity index (χ2v) is 6.23. The monoisotopic (exact) mass is 279 g/mol. The van der Waals surface area contributed by atoms with Gasteiger partial charge in [0, 0.05) is 31.2 Å². The van der Waals surface area contributed by atoms with Crippen LogP contribution in [0.5, 0.6) is 0 Å². The third-order valence-electron chi connectivity index (χ3n) is 3.18. The van der Waals surface area contributed by atoms with Crippen LogP contribution in [0.15, 0.2) is 24.5 Å². The molecule has 0 N–H and O–H groups in total. The van der Waals surface area contributed by atoms with Crippen LogP contribution in [0.2, 0.25) is 0 Å². The molecule has 1 atom stereocenters. The highest BCUT2D eigenvalue weighted by molar-refractivity contribution is 7.99. The predicted molar refractivity (Wildman–Crippen MR) is 79.6 cm³/mol. The van der Waals surface area contributed by atoms with Crippen molar-refractivity contribution in [3.05, 3.63) is 30.1 Å². The number of thioether (sulfide) groups is 1.